The first kappa shape index (κ1) is 15.7. The van der Waals surface area contributed by atoms with Crippen LogP contribution in [0.5, 0.6) is 0 Å². The van der Waals surface area contributed by atoms with E-state index in [-0.39, 0.29) is 11.1 Å². The Hall–Kier alpha value is -2.18. The van der Waals surface area contributed by atoms with Crippen molar-refractivity contribution in [2.75, 3.05) is 43.4 Å². The van der Waals surface area contributed by atoms with Gasteiger partial charge in [0, 0.05) is 50.3 Å². The van der Waals surface area contributed by atoms with Crippen LogP contribution in [-0.2, 0) is 0 Å². The average molecular weight is 332 g/mol. The molecule has 7 heteroatoms. The Kier molecular flexibility index (Phi) is 4.73. The quantitative estimate of drug-likeness (QED) is 0.873. The van der Waals surface area contributed by atoms with Crippen LogP contribution in [0.15, 0.2) is 36.7 Å². The van der Waals surface area contributed by atoms with Crippen molar-refractivity contribution in [2.24, 2.45) is 0 Å². The number of pyridine rings is 2. The van der Waals surface area contributed by atoms with Gasteiger partial charge in [-0.15, -0.1) is 0 Å². The van der Waals surface area contributed by atoms with E-state index in [4.69, 9.17) is 11.6 Å². The van der Waals surface area contributed by atoms with E-state index in [0.29, 0.717) is 11.3 Å². The number of hydrogen-bond donors (Lipinski definition) is 1. The van der Waals surface area contributed by atoms with Gasteiger partial charge in [0.05, 0.1) is 5.56 Å². The fourth-order valence-corrected chi connectivity index (χ4v) is 2.66. The van der Waals surface area contributed by atoms with Crippen LogP contribution in [-0.4, -0.2) is 54.0 Å². The van der Waals surface area contributed by atoms with Gasteiger partial charge in [-0.3, -0.25) is 4.79 Å². The maximum absolute atomic E-state index is 12.3. The molecule has 0 bridgehead atoms. The lowest BCUT2D eigenvalue weighted by atomic mass is 10.2. The Bertz CT molecular complexity index is 700. The van der Waals surface area contributed by atoms with Gasteiger partial charge >= 0.3 is 0 Å². The molecule has 2 aromatic heterocycles. The van der Waals surface area contributed by atoms with E-state index >= 15 is 0 Å². The molecule has 0 saturated carbocycles. The Balaban J connectivity index is 1.73. The van der Waals surface area contributed by atoms with Gasteiger partial charge < -0.3 is 15.1 Å². The molecule has 1 aliphatic rings. The van der Waals surface area contributed by atoms with Crippen molar-refractivity contribution in [3.05, 3.63) is 47.4 Å². The van der Waals surface area contributed by atoms with Crippen molar-refractivity contribution in [1.29, 1.82) is 0 Å². The maximum atomic E-state index is 12.3. The summed E-state index contributed by atoms with van der Waals surface area (Å²) in [7, 11) is 2.11. The number of aromatic nitrogens is 2. The Morgan fingerprint density at radius 1 is 1.17 bits per heavy atom. The topological polar surface area (TPSA) is 61.4 Å². The van der Waals surface area contributed by atoms with E-state index in [9.17, 15) is 4.79 Å². The van der Waals surface area contributed by atoms with Crippen molar-refractivity contribution in [1.82, 2.24) is 14.9 Å². The third kappa shape index (κ3) is 3.78. The van der Waals surface area contributed by atoms with Gasteiger partial charge in [-0.1, -0.05) is 11.6 Å². The number of anilines is 2. The number of rotatable bonds is 3. The zero-order valence-corrected chi connectivity index (χ0v) is 13.6. The lowest BCUT2D eigenvalue weighted by Crippen LogP contribution is -2.44. The fourth-order valence-electron chi connectivity index (χ4n) is 2.46. The molecule has 0 radical (unpaired) electrons. The summed E-state index contributed by atoms with van der Waals surface area (Å²) in [6, 6.07) is 6.98. The summed E-state index contributed by atoms with van der Waals surface area (Å²) in [5, 5.41) is 3.04. The van der Waals surface area contributed by atoms with Gasteiger partial charge in [-0.05, 0) is 25.2 Å². The van der Waals surface area contributed by atoms with Gasteiger partial charge in [0.2, 0.25) is 0 Å². The molecule has 120 valence electrons. The SMILES string of the molecule is CN1CCN(c2cc(NC(=O)c3cccnc3Cl)ccn2)CC1. The molecule has 3 heterocycles. The van der Waals surface area contributed by atoms with Crippen LogP contribution in [0.1, 0.15) is 10.4 Å². The summed E-state index contributed by atoms with van der Waals surface area (Å²) >= 11 is 5.95. The Morgan fingerprint density at radius 3 is 2.70 bits per heavy atom. The van der Waals surface area contributed by atoms with Gasteiger partial charge in [0.1, 0.15) is 11.0 Å². The van der Waals surface area contributed by atoms with Crippen LogP contribution in [0.25, 0.3) is 0 Å². The van der Waals surface area contributed by atoms with Crippen molar-refractivity contribution in [3.8, 4) is 0 Å². The van der Waals surface area contributed by atoms with E-state index in [2.05, 4.69) is 32.1 Å². The molecule has 6 nitrogen and oxygen atoms in total. The van der Waals surface area contributed by atoms with Gasteiger partial charge in [0.25, 0.3) is 5.91 Å². The second kappa shape index (κ2) is 6.93. The summed E-state index contributed by atoms with van der Waals surface area (Å²) in [5.74, 6) is 0.590. The number of piperazine rings is 1. The monoisotopic (exact) mass is 331 g/mol. The van der Waals surface area contributed by atoms with Crippen LogP contribution in [0, 0.1) is 0 Å². The first-order valence-corrected chi connectivity index (χ1v) is 7.83. The number of carbonyl (C=O) groups excluding carboxylic acids is 1. The molecule has 2 aromatic rings. The van der Waals surface area contributed by atoms with Crippen LogP contribution in [0.4, 0.5) is 11.5 Å². The smallest absolute Gasteiger partial charge is 0.258 e. The van der Waals surface area contributed by atoms with Crippen LogP contribution in [0.2, 0.25) is 5.15 Å². The molecule has 0 spiro atoms. The van der Waals surface area contributed by atoms with Gasteiger partial charge in [-0.2, -0.15) is 0 Å². The summed E-state index contributed by atoms with van der Waals surface area (Å²) in [6.07, 6.45) is 3.26. The number of hydrogen-bond acceptors (Lipinski definition) is 5. The highest BCUT2D eigenvalue weighted by Crippen LogP contribution is 2.19. The summed E-state index contributed by atoms with van der Waals surface area (Å²) in [4.78, 5) is 25.1. The lowest BCUT2D eigenvalue weighted by Gasteiger charge is -2.33. The van der Waals surface area contributed by atoms with Crippen molar-refractivity contribution in [2.45, 2.75) is 0 Å². The van der Waals surface area contributed by atoms with Crippen LogP contribution in [0.3, 0.4) is 0 Å². The van der Waals surface area contributed by atoms with Crippen molar-refractivity contribution >= 4 is 29.0 Å². The highest BCUT2D eigenvalue weighted by molar-refractivity contribution is 6.33. The highest BCUT2D eigenvalue weighted by Gasteiger charge is 2.16. The second-order valence-corrected chi connectivity index (χ2v) is 5.85. The van der Waals surface area contributed by atoms with Crippen molar-refractivity contribution in [3.63, 3.8) is 0 Å². The fraction of sp³-hybridized carbons (Fsp3) is 0.312. The van der Waals surface area contributed by atoms with E-state index in [0.717, 1.165) is 32.0 Å². The molecule has 3 rings (SSSR count). The Morgan fingerprint density at radius 2 is 1.96 bits per heavy atom. The third-order valence-electron chi connectivity index (χ3n) is 3.83. The molecule has 0 aliphatic carbocycles. The first-order valence-electron chi connectivity index (χ1n) is 7.45. The third-order valence-corrected chi connectivity index (χ3v) is 4.14. The largest absolute Gasteiger partial charge is 0.354 e. The zero-order valence-electron chi connectivity index (χ0n) is 12.9. The van der Waals surface area contributed by atoms with Crippen LogP contribution >= 0.6 is 11.6 Å². The van der Waals surface area contributed by atoms with Crippen molar-refractivity contribution < 1.29 is 4.79 Å². The normalized spacial score (nSPS) is 15.5. The predicted molar refractivity (Wildman–Crippen MR) is 91.1 cm³/mol. The van der Waals surface area contributed by atoms with E-state index in [1.165, 1.54) is 0 Å². The standard InChI is InChI=1S/C16H18ClN5O/c1-21-7-9-22(10-8-21)14-11-12(4-6-18-14)20-16(23)13-3-2-5-19-15(13)17/h2-6,11H,7-10H2,1H3,(H,18,20,23). The minimum absolute atomic E-state index is 0.193. The molecule has 0 atom stereocenters. The highest BCUT2D eigenvalue weighted by atomic mass is 35.5. The molecule has 1 aliphatic heterocycles. The average Bonchev–Trinajstić information content (AvgIpc) is 2.56. The number of amides is 1. The molecule has 1 N–H and O–H groups in total. The molecule has 0 unspecified atom stereocenters. The summed E-state index contributed by atoms with van der Waals surface area (Å²) < 4.78 is 0. The molecule has 23 heavy (non-hydrogen) atoms. The van der Waals surface area contributed by atoms with Crippen LogP contribution < -0.4 is 10.2 Å². The predicted octanol–water partition coefficient (Wildman–Crippen LogP) is 2.13. The molecular formula is C16H18ClN5O. The number of nitrogens with one attached hydrogen (secondary N) is 1. The summed E-state index contributed by atoms with van der Waals surface area (Å²) in [6.45, 7) is 3.86. The number of halogens is 1. The molecule has 1 amide bonds. The Labute approximate surface area is 140 Å². The van der Waals surface area contributed by atoms with E-state index < -0.39 is 0 Å². The molecule has 1 saturated heterocycles. The number of likely N-dealkylation sites (N-methyl/N-ethyl adjacent to an activating group) is 1. The lowest BCUT2D eigenvalue weighted by molar-refractivity contribution is 0.102. The molecule has 0 aromatic carbocycles. The minimum atomic E-state index is -0.279. The van der Waals surface area contributed by atoms with E-state index in [1.54, 1.807) is 30.6 Å². The van der Waals surface area contributed by atoms with E-state index in [1.807, 2.05) is 6.07 Å². The van der Waals surface area contributed by atoms with Gasteiger partial charge in [0.15, 0.2) is 0 Å². The number of carbonyl (C=O) groups is 1. The van der Waals surface area contributed by atoms with Gasteiger partial charge in [-0.25, -0.2) is 9.97 Å². The molecule has 1 fully saturated rings. The first-order chi connectivity index (χ1) is 11.1. The number of nitrogens with zero attached hydrogens (tertiary/aromatic N) is 4. The maximum Gasteiger partial charge on any atom is 0.258 e. The molecular weight excluding hydrogens is 314 g/mol. The zero-order chi connectivity index (χ0) is 16.2. The summed E-state index contributed by atoms with van der Waals surface area (Å²) in [5.41, 5.74) is 1.05. The second-order valence-electron chi connectivity index (χ2n) is 5.49. The minimum Gasteiger partial charge on any atom is -0.354 e.